The van der Waals surface area contributed by atoms with E-state index in [4.69, 9.17) is 4.74 Å². The summed E-state index contributed by atoms with van der Waals surface area (Å²) in [4.78, 5) is 16.3. The van der Waals surface area contributed by atoms with E-state index in [1.165, 1.54) is 31.6 Å². The van der Waals surface area contributed by atoms with Crippen LogP contribution in [0.4, 0.5) is 11.4 Å². The monoisotopic (exact) mass is 461 g/mol. The number of carbonyl (C=O) groups excluding carboxylic acids is 1. The number of sulfonamides is 1. The van der Waals surface area contributed by atoms with E-state index in [2.05, 4.69) is 31.0 Å². The molecule has 0 fully saturated rings. The molecule has 3 rings (SSSR count). The van der Waals surface area contributed by atoms with Crippen molar-refractivity contribution in [2.24, 2.45) is 0 Å². The Morgan fingerprint density at radius 1 is 1.04 bits per heavy atom. The third-order valence-corrected chi connectivity index (χ3v) is 5.60. The van der Waals surface area contributed by atoms with Crippen LogP contribution in [0.3, 0.4) is 0 Å². The van der Waals surface area contributed by atoms with E-state index < -0.39 is 15.9 Å². The Balaban J connectivity index is 1.84. The molecule has 9 heteroatoms. The fourth-order valence-corrected chi connectivity index (χ4v) is 4.16. The van der Waals surface area contributed by atoms with Crippen LogP contribution in [0.15, 0.2) is 76.4 Å². The summed E-state index contributed by atoms with van der Waals surface area (Å²) in [6, 6.07) is 15.0. The van der Waals surface area contributed by atoms with Crippen molar-refractivity contribution in [3.05, 3.63) is 77.0 Å². The number of rotatable bonds is 6. The van der Waals surface area contributed by atoms with E-state index in [1.54, 1.807) is 36.4 Å². The number of nitrogens with one attached hydrogen (secondary N) is 2. The van der Waals surface area contributed by atoms with Gasteiger partial charge in [-0.05, 0) is 36.4 Å². The van der Waals surface area contributed by atoms with Gasteiger partial charge in [0, 0.05) is 16.4 Å². The number of aromatic nitrogens is 1. The van der Waals surface area contributed by atoms with Crippen LogP contribution >= 0.6 is 15.9 Å². The van der Waals surface area contributed by atoms with Gasteiger partial charge in [-0.25, -0.2) is 8.42 Å². The molecular weight excluding hydrogens is 446 g/mol. The molecule has 2 aromatic carbocycles. The van der Waals surface area contributed by atoms with Crippen LogP contribution in [0, 0.1) is 0 Å². The van der Waals surface area contributed by atoms with E-state index in [0.29, 0.717) is 10.2 Å². The van der Waals surface area contributed by atoms with Gasteiger partial charge in [-0.1, -0.05) is 34.1 Å². The molecule has 1 amide bonds. The summed E-state index contributed by atoms with van der Waals surface area (Å²) in [5.41, 5.74) is 0.991. The van der Waals surface area contributed by atoms with Crippen LogP contribution < -0.4 is 14.8 Å². The Morgan fingerprint density at radius 3 is 2.50 bits per heavy atom. The third-order valence-electron chi connectivity index (χ3n) is 3.70. The van der Waals surface area contributed by atoms with Crippen molar-refractivity contribution < 1.29 is 17.9 Å². The van der Waals surface area contributed by atoms with Crippen molar-refractivity contribution in [2.45, 2.75) is 4.90 Å². The smallest absolute Gasteiger partial charge is 0.265 e. The van der Waals surface area contributed by atoms with E-state index in [-0.39, 0.29) is 21.9 Å². The summed E-state index contributed by atoms with van der Waals surface area (Å²) < 4.78 is 33.7. The fourth-order valence-electron chi connectivity index (χ4n) is 2.42. The number of methoxy groups -OCH3 is 1. The quantitative estimate of drug-likeness (QED) is 0.579. The maximum absolute atomic E-state index is 12.8. The van der Waals surface area contributed by atoms with E-state index in [9.17, 15) is 13.2 Å². The summed E-state index contributed by atoms with van der Waals surface area (Å²) in [5, 5.41) is 2.72. The predicted molar refractivity (Wildman–Crippen MR) is 110 cm³/mol. The second-order valence-corrected chi connectivity index (χ2v) is 8.25. The van der Waals surface area contributed by atoms with Crippen LogP contribution in [0.2, 0.25) is 0 Å². The Morgan fingerprint density at radius 2 is 1.79 bits per heavy atom. The molecule has 7 nitrogen and oxygen atoms in total. The van der Waals surface area contributed by atoms with Crippen LogP contribution in [0.25, 0.3) is 0 Å². The average molecular weight is 462 g/mol. The maximum Gasteiger partial charge on any atom is 0.265 e. The van der Waals surface area contributed by atoms with Gasteiger partial charge in [0.2, 0.25) is 0 Å². The number of benzene rings is 2. The number of anilines is 2. The van der Waals surface area contributed by atoms with Crippen molar-refractivity contribution in [2.75, 3.05) is 17.1 Å². The number of hydrogen-bond acceptors (Lipinski definition) is 5. The number of hydrogen-bond donors (Lipinski definition) is 2. The highest BCUT2D eigenvalue weighted by Crippen LogP contribution is 2.29. The zero-order chi connectivity index (χ0) is 20.1. The van der Waals surface area contributed by atoms with Gasteiger partial charge in [0.15, 0.2) is 0 Å². The minimum atomic E-state index is -3.96. The molecule has 1 aromatic heterocycles. The number of pyridine rings is 1. The van der Waals surface area contributed by atoms with Gasteiger partial charge in [0.05, 0.1) is 24.6 Å². The Bertz CT molecular complexity index is 1110. The molecular formula is C19H16BrN3O4S. The van der Waals surface area contributed by atoms with Crippen LogP contribution in [-0.2, 0) is 10.0 Å². The van der Waals surface area contributed by atoms with Gasteiger partial charge in [0.1, 0.15) is 10.6 Å². The lowest BCUT2D eigenvalue weighted by Gasteiger charge is -2.12. The summed E-state index contributed by atoms with van der Waals surface area (Å²) >= 11 is 3.25. The topological polar surface area (TPSA) is 97.4 Å². The Labute approximate surface area is 170 Å². The number of nitrogens with zero attached hydrogens (tertiary/aromatic N) is 1. The summed E-state index contributed by atoms with van der Waals surface area (Å²) in [5.74, 6) is -0.207. The highest BCUT2D eigenvalue weighted by atomic mass is 79.9. The first kappa shape index (κ1) is 19.8. The second-order valence-electron chi connectivity index (χ2n) is 5.68. The predicted octanol–water partition coefficient (Wildman–Crippen LogP) is 3.91. The minimum Gasteiger partial charge on any atom is -0.495 e. The molecule has 0 spiro atoms. The van der Waals surface area contributed by atoms with Crippen molar-refractivity contribution in [1.82, 2.24) is 4.98 Å². The normalized spacial score (nSPS) is 10.9. The summed E-state index contributed by atoms with van der Waals surface area (Å²) in [6.07, 6.45) is 2.68. The van der Waals surface area contributed by atoms with Gasteiger partial charge < -0.3 is 10.1 Å². The lowest BCUT2D eigenvalue weighted by molar-refractivity contribution is 0.102. The van der Waals surface area contributed by atoms with E-state index in [1.807, 2.05) is 6.07 Å². The number of carbonyl (C=O) groups is 1. The number of ether oxygens (including phenoxy) is 1. The molecule has 2 N–H and O–H groups in total. The molecule has 0 aliphatic rings. The summed E-state index contributed by atoms with van der Waals surface area (Å²) in [6.45, 7) is 0. The van der Waals surface area contributed by atoms with E-state index in [0.717, 1.165) is 0 Å². The van der Waals surface area contributed by atoms with Crippen molar-refractivity contribution in [3.63, 3.8) is 0 Å². The van der Waals surface area contributed by atoms with Crippen molar-refractivity contribution in [1.29, 1.82) is 0 Å². The van der Waals surface area contributed by atoms with Gasteiger partial charge in [-0.15, -0.1) is 0 Å². The third kappa shape index (κ3) is 4.68. The minimum absolute atomic E-state index is 0.0384. The molecule has 0 atom stereocenters. The largest absolute Gasteiger partial charge is 0.495 e. The van der Waals surface area contributed by atoms with E-state index >= 15 is 0 Å². The summed E-state index contributed by atoms with van der Waals surface area (Å²) in [7, 11) is -2.57. The zero-order valence-corrected chi connectivity index (χ0v) is 17.1. The molecule has 0 radical (unpaired) electrons. The molecule has 0 aliphatic carbocycles. The number of halogens is 1. The molecule has 0 aliphatic heterocycles. The lowest BCUT2D eigenvalue weighted by Crippen LogP contribution is -2.16. The first-order valence-corrected chi connectivity index (χ1v) is 10.3. The maximum atomic E-state index is 12.8. The Kier molecular flexibility index (Phi) is 5.96. The molecule has 0 saturated heterocycles. The first-order chi connectivity index (χ1) is 13.4. The highest BCUT2D eigenvalue weighted by molar-refractivity contribution is 9.10. The first-order valence-electron chi connectivity index (χ1n) is 8.07. The Hall–Kier alpha value is -2.91. The number of amides is 1. The molecule has 0 unspecified atom stereocenters. The highest BCUT2D eigenvalue weighted by Gasteiger charge is 2.21. The standard InChI is InChI=1S/C19H16BrN3O4S/c1-27-17-8-7-14(20)10-18(17)28(25,26)23-16-9-13(11-21-12-16)19(24)22-15-5-3-2-4-6-15/h2-12,23H,1H3,(H,22,24). The van der Waals surface area contributed by atoms with Gasteiger partial charge >= 0.3 is 0 Å². The van der Waals surface area contributed by atoms with Crippen LogP contribution in [0.5, 0.6) is 5.75 Å². The second kappa shape index (κ2) is 8.41. The molecule has 0 bridgehead atoms. The fraction of sp³-hybridized carbons (Fsp3) is 0.0526. The SMILES string of the molecule is COc1ccc(Br)cc1S(=O)(=O)Nc1cncc(C(=O)Nc2ccccc2)c1. The molecule has 28 heavy (non-hydrogen) atoms. The molecule has 144 valence electrons. The van der Waals surface area contributed by atoms with Gasteiger partial charge in [-0.2, -0.15) is 0 Å². The number of para-hydroxylation sites is 1. The van der Waals surface area contributed by atoms with Gasteiger partial charge in [-0.3, -0.25) is 14.5 Å². The molecule has 1 heterocycles. The lowest BCUT2D eigenvalue weighted by atomic mass is 10.2. The van der Waals surface area contributed by atoms with Crippen LogP contribution in [-0.4, -0.2) is 26.4 Å². The average Bonchev–Trinajstić information content (AvgIpc) is 2.68. The van der Waals surface area contributed by atoms with Crippen molar-refractivity contribution in [3.8, 4) is 5.75 Å². The van der Waals surface area contributed by atoms with Gasteiger partial charge in [0.25, 0.3) is 15.9 Å². The molecule has 0 saturated carbocycles. The van der Waals surface area contributed by atoms with Crippen molar-refractivity contribution >= 4 is 43.2 Å². The van der Waals surface area contributed by atoms with Crippen LogP contribution in [0.1, 0.15) is 10.4 Å². The molecule has 3 aromatic rings. The zero-order valence-electron chi connectivity index (χ0n) is 14.7.